The fourth-order valence-electron chi connectivity index (χ4n) is 3.92. The van der Waals surface area contributed by atoms with E-state index in [4.69, 9.17) is 4.74 Å². The maximum Gasteiger partial charge on any atom is 0.407 e. The Morgan fingerprint density at radius 2 is 2.08 bits per heavy atom. The van der Waals surface area contributed by atoms with Gasteiger partial charge in [-0.3, -0.25) is 9.69 Å². The van der Waals surface area contributed by atoms with Gasteiger partial charge >= 0.3 is 12.1 Å². The maximum atomic E-state index is 13.0. The molecule has 1 atom stereocenters. The zero-order valence-electron chi connectivity index (χ0n) is 14.7. The summed E-state index contributed by atoms with van der Waals surface area (Å²) in [5, 5.41) is 5.47. The van der Waals surface area contributed by atoms with Crippen LogP contribution in [0.25, 0.3) is 0 Å². The van der Waals surface area contributed by atoms with Crippen molar-refractivity contribution in [2.24, 2.45) is 0 Å². The molecule has 1 aromatic rings. The number of anilines is 1. The standard InChI is InChI=1S/C18H22N4O4/c1-12-3-4-13(9-14(12)22-8-6-19-16(22)24)15(23)21-7-2-5-18(11-21)10-20-17(25)26-18/h3-4,9H,2,5-8,10-11H2,1H3,(H,19,24)(H,20,25)/t18-/m1/s1. The minimum Gasteiger partial charge on any atom is -0.439 e. The third-order valence-corrected chi connectivity index (χ3v) is 5.29. The average molecular weight is 358 g/mol. The number of amides is 4. The topological polar surface area (TPSA) is 91.0 Å². The van der Waals surface area contributed by atoms with Gasteiger partial charge in [-0.1, -0.05) is 6.07 Å². The van der Waals surface area contributed by atoms with Crippen molar-refractivity contribution in [1.29, 1.82) is 0 Å². The third-order valence-electron chi connectivity index (χ3n) is 5.29. The molecule has 4 rings (SSSR count). The molecule has 1 spiro atoms. The zero-order chi connectivity index (χ0) is 18.3. The minimum atomic E-state index is -0.618. The van der Waals surface area contributed by atoms with Crippen molar-refractivity contribution in [3.05, 3.63) is 29.3 Å². The fourth-order valence-corrected chi connectivity index (χ4v) is 3.92. The molecule has 3 aliphatic rings. The number of carbonyl (C=O) groups is 3. The molecule has 0 unspecified atom stereocenters. The summed E-state index contributed by atoms with van der Waals surface area (Å²) in [4.78, 5) is 39.8. The molecular formula is C18H22N4O4. The van der Waals surface area contributed by atoms with Crippen LogP contribution in [-0.2, 0) is 4.74 Å². The van der Waals surface area contributed by atoms with Crippen molar-refractivity contribution in [2.75, 3.05) is 37.6 Å². The molecule has 2 N–H and O–H groups in total. The number of ether oxygens (including phenoxy) is 1. The lowest BCUT2D eigenvalue weighted by atomic mass is 9.92. The number of carbonyl (C=O) groups excluding carboxylic acids is 3. The van der Waals surface area contributed by atoms with Gasteiger partial charge in [0.2, 0.25) is 0 Å². The predicted molar refractivity (Wildman–Crippen MR) is 94.3 cm³/mol. The van der Waals surface area contributed by atoms with Crippen LogP contribution in [0.5, 0.6) is 0 Å². The molecule has 4 amide bonds. The number of benzene rings is 1. The number of hydrogen-bond acceptors (Lipinski definition) is 4. The van der Waals surface area contributed by atoms with E-state index < -0.39 is 11.7 Å². The van der Waals surface area contributed by atoms with Crippen molar-refractivity contribution in [1.82, 2.24) is 15.5 Å². The van der Waals surface area contributed by atoms with Crippen LogP contribution in [0.2, 0.25) is 0 Å². The van der Waals surface area contributed by atoms with E-state index >= 15 is 0 Å². The first kappa shape index (κ1) is 16.7. The number of nitrogens with zero attached hydrogens (tertiary/aromatic N) is 2. The maximum absolute atomic E-state index is 13.0. The summed E-state index contributed by atoms with van der Waals surface area (Å²) in [5.41, 5.74) is 1.63. The van der Waals surface area contributed by atoms with Crippen molar-refractivity contribution in [3.63, 3.8) is 0 Å². The summed E-state index contributed by atoms with van der Waals surface area (Å²) >= 11 is 0. The number of hydrogen-bond donors (Lipinski definition) is 2. The molecule has 3 fully saturated rings. The number of nitrogens with one attached hydrogen (secondary N) is 2. The van der Waals surface area contributed by atoms with Crippen LogP contribution < -0.4 is 15.5 Å². The van der Waals surface area contributed by atoms with Gasteiger partial charge in [0.1, 0.15) is 5.60 Å². The van der Waals surface area contributed by atoms with Gasteiger partial charge in [0.15, 0.2) is 0 Å². The first-order valence-electron chi connectivity index (χ1n) is 8.90. The normalized spacial score (nSPS) is 25.3. The highest BCUT2D eigenvalue weighted by Crippen LogP contribution is 2.30. The zero-order valence-corrected chi connectivity index (χ0v) is 14.7. The smallest absolute Gasteiger partial charge is 0.407 e. The molecule has 0 bridgehead atoms. The number of piperidine rings is 1. The summed E-state index contributed by atoms with van der Waals surface area (Å²) in [5.74, 6) is -0.104. The van der Waals surface area contributed by atoms with E-state index in [0.29, 0.717) is 38.3 Å². The second-order valence-electron chi connectivity index (χ2n) is 7.14. The Bertz CT molecular complexity index is 780. The van der Waals surface area contributed by atoms with Crippen molar-refractivity contribution < 1.29 is 19.1 Å². The molecule has 3 heterocycles. The van der Waals surface area contributed by atoms with E-state index in [1.807, 2.05) is 13.0 Å². The van der Waals surface area contributed by atoms with E-state index in [-0.39, 0.29) is 11.9 Å². The predicted octanol–water partition coefficient (Wildman–Crippen LogP) is 1.24. The Kier molecular flexibility index (Phi) is 3.97. The molecule has 0 radical (unpaired) electrons. The summed E-state index contributed by atoms with van der Waals surface area (Å²) in [6, 6.07) is 5.29. The Hall–Kier alpha value is -2.77. The number of alkyl carbamates (subject to hydrolysis) is 1. The quantitative estimate of drug-likeness (QED) is 0.832. The highest BCUT2D eigenvalue weighted by molar-refractivity contribution is 5.99. The van der Waals surface area contributed by atoms with E-state index in [1.165, 1.54) is 0 Å². The van der Waals surface area contributed by atoms with Gasteiger partial charge in [-0.2, -0.15) is 0 Å². The Balaban J connectivity index is 1.56. The Morgan fingerprint density at radius 1 is 1.23 bits per heavy atom. The summed E-state index contributed by atoms with van der Waals surface area (Å²) in [7, 11) is 0. The lowest BCUT2D eigenvalue weighted by molar-refractivity contribution is -0.00503. The van der Waals surface area contributed by atoms with Gasteiger partial charge in [-0.15, -0.1) is 0 Å². The third kappa shape index (κ3) is 2.85. The average Bonchev–Trinajstić information content (AvgIpc) is 3.21. The molecule has 0 aliphatic carbocycles. The highest BCUT2D eigenvalue weighted by atomic mass is 16.6. The van der Waals surface area contributed by atoms with E-state index in [1.54, 1.807) is 21.9 Å². The number of urea groups is 1. The number of aryl methyl sites for hydroxylation is 1. The van der Waals surface area contributed by atoms with Crippen molar-refractivity contribution in [2.45, 2.75) is 25.4 Å². The van der Waals surface area contributed by atoms with Gasteiger partial charge in [0.05, 0.1) is 13.1 Å². The summed E-state index contributed by atoms with van der Waals surface area (Å²) < 4.78 is 5.44. The first-order valence-corrected chi connectivity index (χ1v) is 8.90. The molecule has 3 aliphatic heterocycles. The SMILES string of the molecule is Cc1ccc(C(=O)N2CCC[C@@]3(CNC(=O)O3)C2)cc1N1CCNC1=O. The molecule has 8 heteroatoms. The Morgan fingerprint density at radius 3 is 2.77 bits per heavy atom. The van der Waals surface area contributed by atoms with Crippen LogP contribution in [0.15, 0.2) is 18.2 Å². The van der Waals surface area contributed by atoms with Gasteiger partial charge in [0, 0.05) is 30.9 Å². The monoisotopic (exact) mass is 358 g/mol. The van der Waals surface area contributed by atoms with Crippen LogP contribution in [-0.4, -0.2) is 61.3 Å². The van der Waals surface area contributed by atoms with Crippen molar-refractivity contribution >= 4 is 23.7 Å². The molecular weight excluding hydrogens is 336 g/mol. The molecule has 26 heavy (non-hydrogen) atoms. The van der Waals surface area contributed by atoms with Crippen LogP contribution in [0.1, 0.15) is 28.8 Å². The first-order chi connectivity index (χ1) is 12.5. The number of likely N-dealkylation sites (tertiary alicyclic amines) is 1. The molecule has 1 aromatic carbocycles. The van der Waals surface area contributed by atoms with E-state index in [2.05, 4.69) is 10.6 Å². The van der Waals surface area contributed by atoms with Gasteiger partial charge in [-0.25, -0.2) is 9.59 Å². The largest absolute Gasteiger partial charge is 0.439 e. The van der Waals surface area contributed by atoms with Crippen LogP contribution in [0, 0.1) is 6.92 Å². The molecule has 0 saturated carbocycles. The van der Waals surface area contributed by atoms with Gasteiger partial charge < -0.3 is 20.3 Å². The van der Waals surface area contributed by atoms with E-state index in [0.717, 1.165) is 24.1 Å². The molecule has 8 nitrogen and oxygen atoms in total. The summed E-state index contributed by atoms with van der Waals surface area (Å²) in [6.07, 6.45) is 1.12. The van der Waals surface area contributed by atoms with Gasteiger partial charge in [-0.05, 0) is 37.5 Å². The van der Waals surface area contributed by atoms with E-state index in [9.17, 15) is 14.4 Å². The highest BCUT2D eigenvalue weighted by Gasteiger charge is 2.45. The van der Waals surface area contributed by atoms with Gasteiger partial charge in [0.25, 0.3) is 5.91 Å². The van der Waals surface area contributed by atoms with Crippen LogP contribution in [0.3, 0.4) is 0 Å². The second kappa shape index (κ2) is 6.19. The Labute approximate surface area is 151 Å². The van der Waals surface area contributed by atoms with Crippen LogP contribution >= 0.6 is 0 Å². The van der Waals surface area contributed by atoms with Crippen LogP contribution in [0.4, 0.5) is 15.3 Å². The summed E-state index contributed by atoms with van der Waals surface area (Å²) in [6.45, 7) is 4.57. The number of rotatable bonds is 2. The minimum absolute atomic E-state index is 0.104. The molecule has 3 saturated heterocycles. The fraction of sp³-hybridized carbons (Fsp3) is 0.500. The molecule has 138 valence electrons. The lowest BCUT2D eigenvalue weighted by Crippen LogP contribution is -2.52. The second-order valence-corrected chi connectivity index (χ2v) is 7.14. The lowest BCUT2D eigenvalue weighted by Gasteiger charge is -2.38. The molecule has 0 aromatic heterocycles. The van der Waals surface area contributed by atoms with Crippen molar-refractivity contribution in [3.8, 4) is 0 Å².